The Balaban J connectivity index is 2.41. The number of hydrogen-bond acceptors (Lipinski definition) is 1. The predicted octanol–water partition coefficient (Wildman–Crippen LogP) is 3.34. The molecule has 0 N–H and O–H groups in total. The summed E-state index contributed by atoms with van der Waals surface area (Å²) in [7, 11) is 0. The van der Waals surface area contributed by atoms with Gasteiger partial charge in [0.2, 0.25) is 0 Å². The molecule has 1 nitrogen and oxygen atoms in total. The number of carbonyl (C=O) groups is 1. The van der Waals surface area contributed by atoms with Crippen molar-refractivity contribution in [2.75, 3.05) is 0 Å². The average molecular weight is 200 g/mol. The molecule has 1 aromatic carbocycles. The zero-order valence-corrected chi connectivity index (χ0v) is 9.29. The van der Waals surface area contributed by atoms with Gasteiger partial charge in [0.25, 0.3) is 0 Å². The summed E-state index contributed by atoms with van der Waals surface area (Å²) >= 11 is 0. The molecular formula is C14H16O. The van der Waals surface area contributed by atoms with Crippen molar-refractivity contribution in [3.8, 4) is 0 Å². The molecule has 0 bridgehead atoms. The monoisotopic (exact) mass is 200 g/mol. The van der Waals surface area contributed by atoms with Crippen LogP contribution in [0.25, 0.3) is 5.57 Å². The maximum atomic E-state index is 10.5. The molecule has 0 spiro atoms. The molecule has 1 aliphatic carbocycles. The number of hydrogen-bond donors (Lipinski definition) is 0. The summed E-state index contributed by atoms with van der Waals surface area (Å²) in [4.78, 5) is 10.5. The first-order chi connectivity index (χ1) is 7.17. The van der Waals surface area contributed by atoms with Crippen LogP contribution in [-0.4, -0.2) is 6.29 Å². The van der Waals surface area contributed by atoms with Crippen LogP contribution in [0.15, 0.2) is 30.3 Å². The van der Waals surface area contributed by atoms with E-state index in [0.29, 0.717) is 6.42 Å². The molecule has 1 heteroatoms. The molecule has 0 saturated carbocycles. The summed E-state index contributed by atoms with van der Waals surface area (Å²) in [5.74, 6) is 0. The summed E-state index contributed by atoms with van der Waals surface area (Å²) in [5, 5.41) is 0. The third-order valence-electron chi connectivity index (χ3n) is 3.28. The molecule has 1 aromatic rings. The largest absolute Gasteiger partial charge is 0.303 e. The van der Waals surface area contributed by atoms with E-state index in [-0.39, 0.29) is 5.41 Å². The topological polar surface area (TPSA) is 17.1 Å². The minimum Gasteiger partial charge on any atom is -0.303 e. The van der Waals surface area contributed by atoms with E-state index < -0.39 is 0 Å². The average Bonchev–Trinajstić information content (AvgIpc) is 2.50. The summed E-state index contributed by atoms with van der Waals surface area (Å²) in [6.45, 7) is 4.36. The Morgan fingerprint density at radius 1 is 1.33 bits per heavy atom. The molecule has 0 aliphatic heterocycles. The van der Waals surface area contributed by atoms with Crippen LogP contribution in [-0.2, 0) is 10.2 Å². The molecule has 1 unspecified atom stereocenters. The van der Waals surface area contributed by atoms with Gasteiger partial charge in [-0.2, -0.15) is 0 Å². The normalized spacial score (nSPS) is 23.5. The van der Waals surface area contributed by atoms with Gasteiger partial charge in [-0.25, -0.2) is 0 Å². The first-order valence-corrected chi connectivity index (χ1v) is 5.40. The van der Waals surface area contributed by atoms with Gasteiger partial charge >= 0.3 is 0 Å². The molecule has 0 aromatic heterocycles. The lowest BCUT2D eigenvalue weighted by atomic mass is 9.81. The quantitative estimate of drug-likeness (QED) is 0.684. The van der Waals surface area contributed by atoms with Crippen LogP contribution >= 0.6 is 0 Å². The Bertz CT molecular complexity index is 417. The van der Waals surface area contributed by atoms with E-state index in [0.717, 1.165) is 12.7 Å². The second kappa shape index (κ2) is 3.65. The molecule has 15 heavy (non-hydrogen) atoms. The van der Waals surface area contributed by atoms with Crippen molar-refractivity contribution in [2.45, 2.75) is 32.1 Å². The minimum atomic E-state index is 0.0571. The summed E-state index contributed by atoms with van der Waals surface area (Å²) in [6, 6.07) is 8.48. The zero-order chi connectivity index (χ0) is 10.9. The van der Waals surface area contributed by atoms with E-state index in [1.54, 1.807) is 0 Å². The van der Waals surface area contributed by atoms with E-state index >= 15 is 0 Å². The number of allylic oxidation sites excluding steroid dienone is 2. The highest BCUT2D eigenvalue weighted by molar-refractivity contribution is 5.75. The van der Waals surface area contributed by atoms with Gasteiger partial charge in [-0.05, 0) is 30.0 Å². The zero-order valence-electron chi connectivity index (χ0n) is 9.29. The Labute approximate surface area is 90.8 Å². The van der Waals surface area contributed by atoms with Gasteiger partial charge in [-0.3, -0.25) is 0 Å². The Kier molecular flexibility index (Phi) is 2.47. The first kappa shape index (κ1) is 10.2. The van der Waals surface area contributed by atoms with Crippen molar-refractivity contribution >= 4 is 11.9 Å². The van der Waals surface area contributed by atoms with Gasteiger partial charge in [-0.15, -0.1) is 0 Å². The molecule has 0 fully saturated rings. The SMILES string of the molecule is CC1=CC(C)(CCC=O)c2ccccc21. The fraction of sp³-hybridized carbons (Fsp3) is 0.357. The lowest BCUT2D eigenvalue weighted by molar-refractivity contribution is -0.108. The van der Waals surface area contributed by atoms with Crippen LogP contribution in [0.3, 0.4) is 0 Å². The van der Waals surface area contributed by atoms with E-state index in [1.165, 1.54) is 16.7 Å². The van der Waals surface area contributed by atoms with Gasteiger partial charge < -0.3 is 4.79 Å². The lowest BCUT2D eigenvalue weighted by Gasteiger charge is -2.22. The second-order valence-electron chi connectivity index (χ2n) is 4.50. The van der Waals surface area contributed by atoms with E-state index in [1.807, 2.05) is 0 Å². The number of aldehydes is 1. The third-order valence-corrected chi connectivity index (χ3v) is 3.28. The fourth-order valence-corrected chi connectivity index (χ4v) is 2.52. The van der Waals surface area contributed by atoms with Crippen molar-refractivity contribution in [3.63, 3.8) is 0 Å². The summed E-state index contributed by atoms with van der Waals surface area (Å²) < 4.78 is 0. The van der Waals surface area contributed by atoms with Gasteiger partial charge in [0.15, 0.2) is 0 Å². The first-order valence-electron chi connectivity index (χ1n) is 5.40. The van der Waals surface area contributed by atoms with Gasteiger partial charge in [0.05, 0.1) is 0 Å². The highest BCUT2D eigenvalue weighted by atomic mass is 16.1. The van der Waals surface area contributed by atoms with Crippen molar-refractivity contribution in [3.05, 3.63) is 41.5 Å². The maximum absolute atomic E-state index is 10.5. The lowest BCUT2D eigenvalue weighted by Crippen LogP contribution is -2.16. The Morgan fingerprint density at radius 2 is 2.07 bits per heavy atom. The number of carbonyl (C=O) groups excluding carboxylic acids is 1. The fourth-order valence-electron chi connectivity index (χ4n) is 2.52. The van der Waals surface area contributed by atoms with Gasteiger partial charge in [0.1, 0.15) is 6.29 Å². The molecule has 0 amide bonds. The minimum absolute atomic E-state index is 0.0571. The Morgan fingerprint density at radius 3 is 2.80 bits per heavy atom. The van der Waals surface area contributed by atoms with Crippen molar-refractivity contribution < 1.29 is 4.79 Å². The third kappa shape index (κ3) is 1.63. The maximum Gasteiger partial charge on any atom is 0.120 e. The molecule has 0 saturated heterocycles. The van der Waals surface area contributed by atoms with E-state index in [2.05, 4.69) is 44.2 Å². The predicted molar refractivity (Wildman–Crippen MR) is 62.7 cm³/mol. The molecule has 2 rings (SSSR count). The molecule has 1 atom stereocenters. The standard InChI is InChI=1S/C14H16O/c1-11-10-14(2,8-5-9-15)13-7-4-3-6-12(11)13/h3-4,6-7,9-10H,5,8H2,1-2H3. The van der Waals surface area contributed by atoms with Crippen LogP contribution in [0.5, 0.6) is 0 Å². The molecule has 0 radical (unpaired) electrons. The highest BCUT2D eigenvalue weighted by Gasteiger charge is 2.31. The molecular weight excluding hydrogens is 184 g/mol. The molecule has 0 heterocycles. The molecule has 78 valence electrons. The van der Waals surface area contributed by atoms with Crippen molar-refractivity contribution in [1.82, 2.24) is 0 Å². The van der Waals surface area contributed by atoms with Crippen LogP contribution < -0.4 is 0 Å². The van der Waals surface area contributed by atoms with Crippen LogP contribution in [0.1, 0.15) is 37.8 Å². The number of rotatable bonds is 3. The van der Waals surface area contributed by atoms with Crippen LogP contribution in [0.4, 0.5) is 0 Å². The van der Waals surface area contributed by atoms with Gasteiger partial charge in [0, 0.05) is 11.8 Å². The van der Waals surface area contributed by atoms with Crippen LogP contribution in [0.2, 0.25) is 0 Å². The summed E-state index contributed by atoms with van der Waals surface area (Å²) in [5.41, 5.74) is 4.09. The second-order valence-corrected chi connectivity index (χ2v) is 4.50. The van der Waals surface area contributed by atoms with Crippen molar-refractivity contribution in [1.29, 1.82) is 0 Å². The smallest absolute Gasteiger partial charge is 0.120 e. The van der Waals surface area contributed by atoms with Gasteiger partial charge in [-0.1, -0.05) is 37.3 Å². The van der Waals surface area contributed by atoms with Crippen molar-refractivity contribution in [2.24, 2.45) is 0 Å². The highest BCUT2D eigenvalue weighted by Crippen LogP contribution is 2.42. The Hall–Kier alpha value is -1.37. The van der Waals surface area contributed by atoms with Crippen LogP contribution in [0, 0.1) is 0 Å². The van der Waals surface area contributed by atoms with E-state index in [4.69, 9.17) is 0 Å². The van der Waals surface area contributed by atoms with E-state index in [9.17, 15) is 4.79 Å². The molecule has 1 aliphatic rings. The number of fused-ring (bicyclic) bond motifs is 1. The summed E-state index contributed by atoms with van der Waals surface area (Å²) in [6.07, 6.45) is 4.84. The number of benzene rings is 1.